The summed E-state index contributed by atoms with van der Waals surface area (Å²) < 4.78 is 4.73. The molecule has 160 valence electrons. The summed E-state index contributed by atoms with van der Waals surface area (Å²) in [5.74, 6) is -2.25. The van der Waals surface area contributed by atoms with Gasteiger partial charge in [-0.05, 0) is 37.5 Å². The van der Waals surface area contributed by atoms with Crippen molar-refractivity contribution in [1.29, 1.82) is 0 Å². The van der Waals surface area contributed by atoms with E-state index in [1.54, 1.807) is 18.2 Å². The van der Waals surface area contributed by atoms with Gasteiger partial charge in [-0.15, -0.1) is 0 Å². The van der Waals surface area contributed by atoms with Crippen molar-refractivity contribution < 1.29 is 28.7 Å². The highest BCUT2D eigenvalue weighted by molar-refractivity contribution is 6.23. The molecule has 1 unspecified atom stereocenters. The van der Waals surface area contributed by atoms with Gasteiger partial charge in [0.2, 0.25) is 17.7 Å². The maximum atomic E-state index is 12.8. The molecule has 1 saturated heterocycles. The van der Waals surface area contributed by atoms with E-state index in [0.29, 0.717) is 18.8 Å². The van der Waals surface area contributed by atoms with Crippen molar-refractivity contribution in [3.63, 3.8) is 0 Å². The minimum atomic E-state index is -0.972. The van der Waals surface area contributed by atoms with Crippen LogP contribution in [0.4, 0.5) is 5.69 Å². The number of carbonyl (C=O) groups is 5. The van der Waals surface area contributed by atoms with Crippen LogP contribution in [0.3, 0.4) is 0 Å². The van der Waals surface area contributed by atoms with Gasteiger partial charge in [0, 0.05) is 32.3 Å². The number of carbonyl (C=O) groups excluding carboxylic acids is 5. The van der Waals surface area contributed by atoms with Crippen LogP contribution in [0.2, 0.25) is 0 Å². The molecule has 0 saturated carbocycles. The first-order valence-corrected chi connectivity index (χ1v) is 9.77. The standard InChI is InChI=1S/C20H24N4O6/c1-30-11-17(26)22-9-3-2-8-21-12-4-5-13-14(10-12)20(29)24(19(13)28)15-6-7-16(25)23-18(15)27/h4-5,10,15,21H,2-3,6-9,11H2,1H3,(H,22,26)(H,23,25,27). The molecule has 2 heterocycles. The molecule has 10 nitrogen and oxygen atoms in total. The van der Waals surface area contributed by atoms with Gasteiger partial charge in [0.05, 0.1) is 11.1 Å². The third kappa shape index (κ3) is 4.65. The summed E-state index contributed by atoms with van der Waals surface area (Å²) in [6.07, 6.45) is 1.78. The van der Waals surface area contributed by atoms with E-state index in [1.165, 1.54) is 7.11 Å². The van der Waals surface area contributed by atoms with E-state index in [4.69, 9.17) is 4.74 Å². The summed E-state index contributed by atoms with van der Waals surface area (Å²) in [5.41, 5.74) is 1.17. The Labute approximate surface area is 173 Å². The Morgan fingerprint density at radius 2 is 1.87 bits per heavy atom. The first kappa shape index (κ1) is 21.4. The summed E-state index contributed by atoms with van der Waals surface area (Å²) in [5, 5.41) is 8.10. The average Bonchev–Trinajstić information content (AvgIpc) is 2.95. The number of rotatable bonds is 9. The molecule has 1 aromatic rings. The highest BCUT2D eigenvalue weighted by atomic mass is 16.5. The Balaban J connectivity index is 1.54. The van der Waals surface area contributed by atoms with E-state index in [-0.39, 0.29) is 36.5 Å². The first-order valence-electron chi connectivity index (χ1n) is 9.77. The van der Waals surface area contributed by atoms with E-state index >= 15 is 0 Å². The van der Waals surface area contributed by atoms with Gasteiger partial charge in [-0.1, -0.05) is 0 Å². The predicted molar refractivity (Wildman–Crippen MR) is 106 cm³/mol. The van der Waals surface area contributed by atoms with Gasteiger partial charge in [-0.3, -0.25) is 34.2 Å². The smallest absolute Gasteiger partial charge is 0.262 e. The fourth-order valence-corrected chi connectivity index (χ4v) is 3.47. The van der Waals surface area contributed by atoms with E-state index in [0.717, 1.165) is 17.7 Å². The molecular weight excluding hydrogens is 392 g/mol. The van der Waals surface area contributed by atoms with Gasteiger partial charge in [0.15, 0.2) is 0 Å². The van der Waals surface area contributed by atoms with Crippen LogP contribution in [-0.4, -0.2) is 67.3 Å². The number of benzene rings is 1. The Kier molecular flexibility index (Phi) is 6.78. The molecule has 1 atom stereocenters. The summed E-state index contributed by atoms with van der Waals surface area (Å²) in [6, 6.07) is 3.90. The number of amides is 5. The molecule has 3 N–H and O–H groups in total. The van der Waals surface area contributed by atoms with Gasteiger partial charge in [-0.25, -0.2) is 0 Å². The number of piperidine rings is 1. The van der Waals surface area contributed by atoms with Crippen molar-refractivity contribution in [3.05, 3.63) is 29.3 Å². The highest BCUT2D eigenvalue weighted by Crippen LogP contribution is 2.29. The van der Waals surface area contributed by atoms with Crippen LogP contribution in [0.1, 0.15) is 46.4 Å². The van der Waals surface area contributed by atoms with E-state index in [1.807, 2.05) is 0 Å². The Bertz CT molecular complexity index is 884. The van der Waals surface area contributed by atoms with Gasteiger partial charge < -0.3 is 15.4 Å². The summed E-state index contributed by atoms with van der Waals surface area (Å²) >= 11 is 0. The quantitative estimate of drug-likeness (QED) is 0.382. The fourth-order valence-electron chi connectivity index (χ4n) is 3.47. The van der Waals surface area contributed by atoms with Crippen molar-refractivity contribution in [2.24, 2.45) is 0 Å². The number of ether oxygens (including phenoxy) is 1. The topological polar surface area (TPSA) is 134 Å². The van der Waals surface area contributed by atoms with Crippen LogP contribution in [0, 0.1) is 0 Å². The number of anilines is 1. The zero-order valence-electron chi connectivity index (χ0n) is 16.7. The molecular formula is C20H24N4O6. The van der Waals surface area contributed by atoms with Gasteiger partial charge >= 0.3 is 0 Å². The van der Waals surface area contributed by atoms with Crippen LogP contribution in [0.5, 0.6) is 0 Å². The van der Waals surface area contributed by atoms with Gasteiger partial charge in [-0.2, -0.15) is 0 Å². The predicted octanol–water partition coefficient (Wildman–Crippen LogP) is 0.0425. The molecule has 10 heteroatoms. The largest absolute Gasteiger partial charge is 0.385 e. The molecule has 2 aliphatic rings. The summed E-state index contributed by atoms with van der Waals surface area (Å²) in [7, 11) is 1.46. The zero-order chi connectivity index (χ0) is 21.7. The van der Waals surface area contributed by atoms with Crippen LogP contribution in [-0.2, 0) is 19.1 Å². The monoisotopic (exact) mass is 416 g/mol. The normalized spacial score (nSPS) is 18.3. The second-order valence-corrected chi connectivity index (χ2v) is 7.12. The van der Waals surface area contributed by atoms with E-state index in [9.17, 15) is 24.0 Å². The average molecular weight is 416 g/mol. The van der Waals surface area contributed by atoms with Crippen LogP contribution in [0.25, 0.3) is 0 Å². The summed E-state index contributed by atoms with van der Waals surface area (Å²) in [6.45, 7) is 1.20. The highest BCUT2D eigenvalue weighted by Gasteiger charge is 2.44. The minimum Gasteiger partial charge on any atom is -0.385 e. The number of unbranched alkanes of at least 4 members (excludes halogenated alkanes) is 1. The number of imide groups is 2. The minimum absolute atomic E-state index is 0.0377. The molecule has 0 aliphatic carbocycles. The lowest BCUT2D eigenvalue weighted by Gasteiger charge is -2.27. The van der Waals surface area contributed by atoms with Crippen molar-refractivity contribution in [2.45, 2.75) is 31.7 Å². The molecule has 1 fully saturated rings. The van der Waals surface area contributed by atoms with E-state index < -0.39 is 29.7 Å². The van der Waals surface area contributed by atoms with Crippen molar-refractivity contribution in [1.82, 2.24) is 15.5 Å². The lowest BCUT2D eigenvalue weighted by Crippen LogP contribution is -2.54. The van der Waals surface area contributed by atoms with Crippen molar-refractivity contribution in [3.8, 4) is 0 Å². The molecule has 30 heavy (non-hydrogen) atoms. The number of hydrogen-bond donors (Lipinski definition) is 3. The molecule has 3 rings (SSSR count). The third-order valence-electron chi connectivity index (χ3n) is 4.97. The fraction of sp³-hybridized carbons (Fsp3) is 0.450. The van der Waals surface area contributed by atoms with Crippen LogP contribution >= 0.6 is 0 Å². The molecule has 0 spiro atoms. The third-order valence-corrected chi connectivity index (χ3v) is 4.97. The van der Waals surface area contributed by atoms with Crippen molar-refractivity contribution >= 4 is 35.2 Å². The molecule has 0 radical (unpaired) electrons. The number of hydrogen-bond acceptors (Lipinski definition) is 7. The summed E-state index contributed by atoms with van der Waals surface area (Å²) in [4.78, 5) is 61.1. The number of nitrogens with zero attached hydrogens (tertiary/aromatic N) is 1. The van der Waals surface area contributed by atoms with Gasteiger partial charge in [0.25, 0.3) is 11.8 Å². The Morgan fingerprint density at radius 3 is 2.60 bits per heavy atom. The SMILES string of the molecule is COCC(=O)NCCCCNc1ccc2c(c1)C(=O)N(C1CCC(=O)NC1=O)C2=O. The maximum absolute atomic E-state index is 12.8. The van der Waals surface area contributed by atoms with E-state index in [2.05, 4.69) is 16.0 Å². The second kappa shape index (κ2) is 9.49. The number of nitrogens with one attached hydrogen (secondary N) is 3. The number of methoxy groups -OCH3 is 1. The lowest BCUT2D eigenvalue weighted by atomic mass is 10.0. The molecule has 0 bridgehead atoms. The molecule has 2 aliphatic heterocycles. The maximum Gasteiger partial charge on any atom is 0.262 e. The zero-order valence-corrected chi connectivity index (χ0v) is 16.7. The Hall–Kier alpha value is -3.27. The molecule has 5 amide bonds. The molecule has 1 aromatic carbocycles. The molecule has 0 aromatic heterocycles. The number of fused-ring (bicyclic) bond motifs is 1. The Morgan fingerprint density at radius 1 is 1.13 bits per heavy atom. The first-order chi connectivity index (χ1) is 14.4. The van der Waals surface area contributed by atoms with Crippen molar-refractivity contribution in [2.75, 3.05) is 32.1 Å². The van der Waals surface area contributed by atoms with Crippen LogP contribution < -0.4 is 16.0 Å². The second-order valence-electron chi connectivity index (χ2n) is 7.12. The lowest BCUT2D eigenvalue weighted by molar-refractivity contribution is -0.136. The van der Waals surface area contributed by atoms with Gasteiger partial charge in [0.1, 0.15) is 12.6 Å². The van der Waals surface area contributed by atoms with Crippen LogP contribution in [0.15, 0.2) is 18.2 Å².